The zero-order valence-corrected chi connectivity index (χ0v) is 19.0. The van der Waals surface area contributed by atoms with E-state index in [9.17, 15) is 14.4 Å². The second-order valence-electron chi connectivity index (χ2n) is 8.16. The fraction of sp³-hybridized carbons (Fsp3) is 0.375. The summed E-state index contributed by atoms with van der Waals surface area (Å²) in [6.07, 6.45) is 0.210. The van der Waals surface area contributed by atoms with E-state index < -0.39 is 17.6 Å². The number of aryl methyl sites for hydroxylation is 1. The number of nitrogens with zero attached hydrogens (tertiary/aromatic N) is 2. The zero-order chi connectivity index (χ0) is 23.3. The van der Waals surface area contributed by atoms with Crippen molar-refractivity contribution in [3.05, 3.63) is 64.7 Å². The van der Waals surface area contributed by atoms with Gasteiger partial charge in [0.15, 0.2) is 0 Å². The lowest BCUT2D eigenvalue weighted by atomic mass is 9.85. The fourth-order valence-electron chi connectivity index (χ4n) is 3.72. The molecule has 2 aromatic rings. The molecule has 7 nitrogen and oxygen atoms in total. The number of amides is 2. The summed E-state index contributed by atoms with van der Waals surface area (Å²) in [5, 5.41) is 9.58. The second kappa shape index (κ2) is 10.0. The lowest BCUT2D eigenvalue weighted by Gasteiger charge is -2.49. The Balaban J connectivity index is 1.75. The molecule has 1 heterocycles. The number of carboxylic acid groups (broad SMARTS) is 1. The summed E-state index contributed by atoms with van der Waals surface area (Å²) >= 11 is 5.96. The number of hydrogen-bond donors (Lipinski definition) is 1. The molecule has 1 atom stereocenters. The van der Waals surface area contributed by atoms with Crippen molar-refractivity contribution < 1.29 is 24.2 Å². The number of ether oxygens (including phenoxy) is 1. The van der Waals surface area contributed by atoms with Crippen LogP contribution in [0.3, 0.4) is 0 Å². The normalized spacial score (nSPS) is 17.4. The van der Waals surface area contributed by atoms with Crippen LogP contribution in [0.1, 0.15) is 37.3 Å². The molecule has 8 heteroatoms. The average Bonchev–Trinajstić information content (AvgIpc) is 2.74. The van der Waals surface area contributed by atoms with Crippen LogP contribution in [0.2, 0.25) is 5.02 Å². The summed E-state index contributed by atoms with van der Waals surface area (Å²) in [4.78, 5) is 40.4. The Bertz CT molecular complexity index is 994. The molecule has 3 rings (SSSR count). The van der Waals surface area contributed by atoms with Crippen molar-refractivity contribution in [1.29, 1.82) is 0 Å². The first-order valence-electron chi connectivity index (χ1n) is 10.5. The van der Waals surface area contributed by atoms with E-state index in [4.69, 9.17) is 21.4 Å². The van der Waals surface area contributed by atoms with Crippen LogP contribution >= 0.6 is 11.6 Å². The molecular formula is C24H27ClN2O5. The minimum Gasteiger partial charge on any atom is -0.481 e. The Morgan fingerprint density at radius 3 is 2.44 bits per heavy atom. The number of carboxylic acids is 1. The Kier molecular flexibility index (Phi) is 7.40. The zero-order valence-electron chi connectivity index (χ0n) is 18.2. The van der Waals surface area contributed by atoms with Gasteiger partial charge in [0.05, 0.1) is 0 Å². The molecule has 2 aromatic carbocycles. The second-order valence-corrected chi connectivity index (χ2v) is 8.60. The summed E-state index contributed by atoms with van der Waals surface area (Å²) < 4.78 is 5.54. The molecule has 1 N–H and O–H groups in total. The van der Waals surface area contributed by atoms with Gasteiger partial charge in [-0.05, 0) is 56.0 Å². The summed E-state index contributed by atoms with van der Waals surface area (Å²) in [6, 6.07) is 14.3. The maximum Gasteiger partial charge on any atom is 0.416 e. The first kappa shape index (κ1) is 23.6. The minimum atomic E-state index is -1.05. The molecule has 1 unspecified atom stereocenters. The third kappa shape index (κ3) is 5.40. The van der Waals surface area contributed by atoms with Gasteiger partial charge in [-0.3, -0.25) is 14.5 Å². The van der Waals surface area contributed by atoms with Crippen molar-refractivity contribution in [3.8, 4) is 5.75 Å². The van der Waals surface area contributed by atoms with Gasteiger partial charge in [0.1, 0.15) is 11.3 Å². The van der Waals surface area contributed by atoms with Gasteiger partial charge >= 0.3 is 12.1 Å². The standard InChI is InChI=1S/C24H27ClN2O5/c1-17-6-3-4-7-20(17)32-23(31)27-15-13-24(27,2)22(30)26(14-5-8-21(28)29)16-18-9-11-19(25)12-10-18/h3-4,6-7,9-12H,5,8,13-16H2,1-2H3,(H,28,29). The fourth-order valence-corrected chi connectivity index (χ4v) is 3.84. The van der Waals surface area contributed by atoms with Crippen molar-refractivity contribution in [1.82, 2.24) is 9.80 Å². The van der Waals surface area contributed by atoms with E-state index in [1.807, 2.05) is 31.2 Å². The Labute approximate surface area is 192 Å². The maximum absolute atomic E-state index is 13.5. The predicted octanol–water partition coefficient (Wildman–Crippen LogP) is 4.51. The van der Waals surface area contributed by atoms with Crippen LogP contribution in [0.4, 0.5) is 4.79 Å². The smallest absolute Gasteiger partial charge is 0.416 e. The molecule has 0 radical (unpaired) electrons. The van der Waals surface area contributed by atoms with Gasteiger partial charge in [-0.2, -0.15) is 0 Å². The van der Waals surface area contributed by atoms with Crippen LogP contribution < -0.4 is 4.74 Å². The molecule has 0 bridgehead atoms. The quantitative estimate of drug-likeness (QED) is 0.629. The Morgan fingerprint density at radius 2 is 1.84 bits per heavy atom. The van der Waals surface area contributed by atoms with Crippen LogP contribution in [0.15, 0.2) is 48.5 Å². The summed E-state index contributed by atoms with van der Waals surface area (Å²) in [6.45, 7) is 4.55. The highest BCUT2D eigenvalue weighted by Crippen LogP contribution is 2.34. The monoisotopic (exact) mass is 458 g/mol. The number of para-hydroxylation sites is 1. The Morgan fingerprint density at radius 1 is 1.16 bits per heavy atom. The van der Waals surface area contributed by atoms with E-state index in [1.54, 1.807) is 36.1 Å². The number of rotatable bonds is 8. The first-order valence-corrected chi connectivity index (χ1v) is 10.9. The summed E-state index contributed by atoms with van der Waals surface area (Å²) in [7, 11) is 0. The number of aliphatic carboxylic acids is 1. The molecular weight excluding hydrogens is 432 g/mol. The number of benzene rings is 2. The van der Waals surface area contributed by atoms with E-state index >= 15 is 0 Å². The molecule has 32 heavy (non-hydrogen) atoms. The topological polar surface area (TPSA) is 87.2 Å². The van der Waals surface area contributed by atoms with Gasteiger partial charge in [0.25, 0.3) is 0 Å². The largest absolute Gasteiger partial charge is 0.481 e. The number of halogens is 1. The molecule has 0 aromatic heterocycles. The summed E-state index contributed by atoms with van der Waals surface area (Å²) in [5.74, 6) is -0.688. The molecule has 170 valence electrons. The molecule has 1 aliphatic rings. The molecule has 2 amide bonds. The van der Waals surface area contributed by atoms with Gasteiger partial charge in [-0.25, -0.2) is 4.79 Å². The van der Waals surface area contributed by atoms with Crippen LogP contribution in [0, 0.1) is 6.92 Å². The van der Waals surface area contributed by atoms with Crippen molar-refractivity contribution in [2.45, 2.75) is 45.2 Å². The molecule has 1 aliphatic heterocycles. The number of likely N-dealkylation sites (tertiary alicyclic amines) is 1. The molecule has 1 saturated heterocycles. The van der Waals surface area contributed by atoms with E-state index in [1.165, 1.54) is 4.90 Å². The van der Waals surface area contributed by atoms with Crippen molar-refractivity contribution in [3.63, 3.8) is 0 Å². The van der Waals surface area contributed by atoms with Gasteiger partial charge < -0.3 is 14.7 Å². The van der Waals surface area contributed by atoms with E-state index in [-0.39, 0.29) is 18.9 Å². The van der Waals surface area contributed by atoms with E-state index in [0.29, 0.717) is 36.7 Å². The predicted molar refractivity (Wildman–Crippen MR) is 121 cm³/mol. The lowest BCUT2D eigenvalue weighted by Crippen LogP contribution is -2.68. The van der Waals surface area contributed by atoms with Crippen LogP contribution in [-0.2, 0) is 16.1 Å². The highest BCUT2D eigenvalue weighted by molar-refractivity contribution is 6.30. The van der Waals surface area contributed by atoms with Crippen molar-refractivity contribution >= 4 is 29.6 Å². The molecule has 0 spiro atoms. The number of carbonyl (C=O) groups excluding carboxylic acids is 2. The SMILES string of the molecule is Cc1ccccc1OC(=O)N1CCC1(C)C(=O)N(CCCC(=O)O)Cc1ccc(Cl)cc1. The third-order valence-electron chi connectivity index (χ3n) is 5.78. The van der Waals surface area contributed by atoms with Crippen molar-refractivity contribution in [2.24, 2.45) is 0 Å². The average molecular weight is 459 g/mol. The van der Waals surface area contributed by atoms with Crippen LogP contribution in [0.25, 0.3) is 0 Å². The van der Waals surface area contributed by atoms with Crippen LogP contribution in [0.5, 0.6) is 5.75 Å². The van der Waals surface area contributed by atoms with Crippen LogP contribution in [-0.4, -0.2) is 51.5 Å². The molecule has 1 fully saturated rings. The maximum atomic E-state index is 13.5. The van der Waals surface area contributed by atoms with Gasteiger partial charge in [-0.15, -0.1) is 0 Å². The third-order valence-corrected chi connectivity index (χ3v) is 6.03. The lowest BCUT2D eigenvalue weighted by molar-refractivity contribution is -0.150. The number of hydrogen-bond acceptors (Lipinski definition) is 4. The van der Waals surface area contributed by atoms with Crippen molar-refractivity contribution in [2.75, 3.05) is 13.1 Å². The number of carbonyl (C=O) groups is 3. The van der Waals surface area contributed by atoms with E-state index in [2.05, 4.69) is 0 Å². The van der Waals surface area contributed by atoms with Gasteiger partial charge in [0, 0.05) is 31.1 Å². The summed E-state index contributed by atoms with van der Waals surface area (Å²) in [5.41, 5.74) is 0.651. The molecule has 0 saturated carbocycles. The minimum absolute atomic E-state index is 0.0415. The first-order chi connectivity index (χ1) is 15.2. The van der Waals surface area contributed by atoms with Gasteiger partial charge in [0.2, 0.25) is 5.91 Å². The Hall–Kier alpha value is -3.06. The molecule has 0 aliphatic carbocycles. The highest BCUT2D eigenvalue weighted by atomic mass is 35.5. The highest BCUT2D eigenvalue weighted by Gasteiger charge is 2.52. The van der Waals surface area contributed by atoms with Gasteiger partial charge in [-0.1, -0.05) is 41.9 Å². The van der Waals surface area contributed by atoms with E-state index in [0.717, 1.165) is 11.1 Å².